The lowest BCUT2D eigenvalue weighted by Gasteiger charge is -1.93. The molecule has 0 bridgehead atoms. The molecule has 0 fully saturated rings. The molecule has 0 aliphatic heterocycles. The number of hydrogen-bond donors (Lipinski definition) is 19. The zero-order chi connectivity index (χ0) is 115. The topological polar surface area (TPSA) is 735 Å². The molecule has 0 saturated carbocycles. The number of unbranched alkanes of at least 4 members (excludes halogenated alkanes) is 20. The summed E-state index contributed by atoms with van der Waals surface area (Å²) in [4.78, 5) is 196. The second-order valence-corrected chi connectivity index (χ2v) is 30.1. The summed E-state index contributed by atoms with van der Waals surface area (Å²) in [6.45, 7) is 39.6. The molecule has 141 heavy (non-hydrogen) atoms. The Morgan fingerprint density at radius 1 is 0.113 bits per heavy atom. The highest BCUT2D eigenvalue weighted by atomic mass is 16.5. The first-order valence-electron chi connectivity index (χ1n) is 50.2. The van der Waals surface area contributed by atoms with Gasteiger partial charge in [0.15, 0.2) is 0 Å². The van der Waals surface area contributed by atoms with Gasteiger partial charge in [-0.25, -0.2) is 0 Å². The van der Waals surface area contributed by atoms with E-state index in [1.165, 1.54) is 7.11 Å². The van der Waals surface area contributed by atoms with E-state index in [1.807, 2.05) is 138 Å². The molecular formula is C101H202O40. The van der Waals surface area contributed by atoms with E-state index in [0.29, 0.717) is 128 Å². The molecule has 0 aromatic carbocycles. The van der Waals surface area contributed by atoms with Gasteiger partial charge in [-0.2, -0.15) is 0 Å². The minimum Gasteiger partial charge on any atom is -0.481 e. The lowest BCUT2D eigenvalue weighted by molar-refractivity contribution is -0.141. The van der Waals surface area contributed by atoms with Gasteiger partial charge in [0.25, 0.3) is 0 Å². The van der Waals surface area contributed by atoms with Crippen molar-refractivity contribution < 1.29 is 198 Å². The lowest BCUT2D eigenvalue weighted by atomic mass is 10.3. The van der Waals surface area contributed by atoms with Gasteiger partial charge < -0.3 is 102 Å². The van der Waals surface area contributed by atoms with Crippen molar-refractivity contribution in [3.8, 4) is 0 Å². The Morgan fingerprint density at radius 2 is 0.163 bits per heavy atom. The van der Waals surface area contributed by atoms with Crippen LogP contribution in [0.2, 0.25) is 0 Å². The van der Waals surface area contributed by atoms with Crippen LogP contribution in [0.15, 0.2) is 0 Å². The summed E-state index contributed by atoms with van der Waals surface area (Å²) in [5.74, 6) is -13.3. The summed E-state index contributed by atoms with van der Waals surface area (Å²) in [6, 6.07) is 0. The van der Waals surface area contributed by atoms with Crippen LogP contribution in [0.1, 0.15) is 524 Å². The number of carboxylic acid groups (broad SMARTS) is 19. The summed E-state index contributed by atoms with van der Waals surface area (Å²) >= 11 is 0. The molecule has 40 heteroatoms. The summed E-state index contributed by atoms with van der Waals surface area (Å²) in [7, 11) is 1.41. The third kappa shape index (κ3) is 412. The highest BCUT2D eigenvalue weighted by Gasteiger charge is 2.02. The maximum atomic E-state index is 10.3. The van der Waals surface area contributed by atoms with Crippen LogP contribution in [0.4, 0.5) is 0 Å². The zero-order valence-electron chi connectivity index (χ0n) is 90.5. The van der Waals surface area contributed by atoms with Crippen LogP contribution in [0, 0.1) is 0 Å². The van der Waals surface area contributed by atoms with Crippen LogP contribution in [0.5, 0.6) is 0 Å². The summed E-state index contributed by atoms with van der Waals surface area (Å²) in [5.41, 5.74) is 0. The predicted octanol–water partition coefficient (Wildman–Crippen LogP) is 25.3. The molecule has 19 N–H and O–H groups in total. The summed E-state index contributed by atoms with van der Waals surface area (Å²) in [5, 5.41) is 153. The molecule has 0 aliphatic carbocycles. The Labute approximate surface area is 844 Å². The number of aliphatic carboxylic acids is 19. The molecule has 40 nitrogen and oxygen atoms in total. The number of hydrogen-bond acceptors (Lipinski definition) is 21. The van der Waals surface area contributed by atoms with Gasteiger partial charge in [0.05, 0.1) is 7.11 Å². The SMILES string of the molecule is CCCCC(=O)O.CCCCC(=O)O.CCCCC(=O)O.CCCCC(=O)O.CCCCC(=O)O.CCCCC(=O)O.CCCCC(=O)O.CCCCC(=O)O.CCCCC(=O)O.CCCCC(=O)O.CCCCC(=O)O.CCCCC(=O)O.CCCCC(=O)O.CCCCC(=O)O.CCCCC(=O)O.CCCCC(=O)O.CCCCC(=O)O.CCCCC(=O)O.CCCCC(=O)O.CCCCC(=O)OC. The molecule has 0 spiro atoms. The van der Waals surface area contributed by atoms with Crippen molar-refractivity contribution in [2.75, 3.05) is 7.11 Å². The third-order valence-corrected chi connectivity index (χ3v) is 15.1. The number of esters is 1. The van der Waals surface area contributed by atoms with Crippen LogP contribution in [-0.4, -0.2) is 224 Å². The van der Waals surface area contributed by atoms with E-state index in [-0.39, 0.29) is 5.97 Å². The first-order chi connectivity index (χ1) is 65.9. The number of carbonyl (C=O) groups excluding carboxylic acids is 1. The van der Waals surface area contributed by atoms with Crippen LogP contribution in [0.25, 0.3) is 0 Å². The van der Waals surface area contributed by atoms with Crippen molar-refractivity contribution in [2.24, 2.45) is 0 Å². The first kappa shape index (κ1) is 179. The highest BCUT2D eigenvalue weighted by molar-refractivity contribution is 5.72. The second-order valence-electron chi connectivity index (χ2n) is 30.1. The van der Waals surface area contributed by atoms with Gasteiger partial charge in [-0.1, -0.05) is 267 Å². The van der Waals surface area contributed by atoms with Crippen LogP contribution < -0.4 is 0 Å². The molecule has 0 aliphatic rings. The Kier molecular flexibility index (Phi) is 222. The minimum atomic E-state index is -0.693. The van der Waals surface area contributed by atoms with Crippen molar-refractivity contribution in [1.82, 2.24) is 0 Å². The Hall–Kier alpha value is -10.6. The maximum Gasteiger partial charge on any atom is 0.305 e. The number of rotatable bonds is 60. The van der Waals surface area contributed by atoms with E-state index >= 15 is 0 Å². The average Bonchev–Trinajstić information content (AvgIpc) is 1.10. The van der Waals surface area contributed by atoms with Gasteiger partial charge in [0, 0.05) is 128 Å². The number of ether oxygens (including phenoxy) is 1. The fraction of sp³-hybridized carbons (Fsp3) is 0.802. The molecule has 0 saturated heterocycles. The van der Waals surface area contributed by atoms with Gasteiger partial charge in [-0.3, -0.25) is 95.9 Å². The molecule has 0 heterocycles. The van der Waals surface area contributed by atoms with Gasteiger partial charge in [-0.15, -0.1) is 0 Å². The van der Waals surface area contributed by atoms with E-state index in [2.05, 4.69) is 4.74 Å². The predicted molar refractivity (Wildman–Crippen MR) is 548 cm³/mol. The first-order valence-corrected chi connectivity index (χ1v) is 50.2. The lowest BCUT2D eigenvalue weighted by Crippen LogP contribution is -1.98. The monoisotopic (exact) mass is 2060 g/mol. The largest absolute Gasteiger partial charge is 0.481 e. The van der Waals surface area contributed by atoms with E-state index in [1.54, 1.807) is 0 Å². The van der Waals surface area contributed by atoms with Gasteiger partial charge in [0.2, 0.25) is 0 Å². The van der Waals surface area contributed by atoms with E-state index in [0.717, 1.165) is 257 Å². The van der Waals surface area contributed by atoms with E-state index in [9.17, 15) is 95.9 Å². The molecule has 0 rings (SSSR count). The Balaban J connectivity index is -0.0000000607. The molecule has 0 radical (unpaired) electrons. The molecule has 0 atom stereocenters. The zero-order valence-corrected chi connectivity index (χ0v) is 90.5. The fourth-order valence-corrected chi connectivity index (χ4v) is 6.66. The molecule has 0 aromatic heterocycles. The van der Waals surface area contributed by atoms with Crippen LogP contribution >= 0.6 is 0 Å². The summed E-state index contributed by atoms with van der Waals surface area (Å²) in [6.07, 6.45) is 42.1. The molecule has 0 amide bonds. The van der Waals surface area contributed by atoms with Crippen molar-refractivity contribution in [3.63, 3.8) is 0 Å². The average molecular weight is 2060 g/mol. The normalized spacial score (nSPS) is 8.72. The highest BCUT2D eigenvalue weighted by Crippen LogP contribution is 2.02. The fourth-order valence-electron chi connectivity index (χ4n) is 6.66. The minimum absolute atomic E-state index is 0.105. The Bertz CT molecular complexity index is 2030. The van der Waals surface area contributed by atoms with Crippen LogP contribution in [-0.2, 0) is 101 Å². The van der Waals surface area contributed by atoms with Crippen molar-refractivity contribution in [1.29, 1.82) is 0 Å². The smallest absolute Gasteiger partial charge is 0.305 e. The van der Waals surface area contributed by atoms with Crippen molar-refractivity contribution >= 4 is 119 Å². The molecule has 846 valence electrons. The standard InChI is InChI=1S/C6H12O2.19C5H10O2/c1-3-4-5-6(7)8-2;19*1-2-3-4-5(6)7/h3-5H2,1-2H3;19*2-4H2,1H3,(H,6,7). The van der Waals surface area contributed by atoms with Crippen LogP contribution in [0.3, 0.4) is 0 Å². The summed E-state index contributed by atoms with van der Waals surface area (Å²) < 4.78 is 4.41. The maximum absolute atomic E-state index is 10.3. The number of methoxy groups -OCH3 is 1. The van der Waals surface area contributed by atoms with Crippen molar-refractivity contribution in [2.45, 2.75) is 524 Å². The van der Waals surface area contributed by atoms with E-state index in [4.69, 9.17) is 97.0 Å². The van der Waals surface area contributed by atoms with E-state index < -0.39 is 113 Å². The second kappa shape index (κ2) is 175. The number of carboxylic acids is 19. The number of carbonyl (C=O) groups is 20. The third-order valence-electron chi connectivity index (χ3n) is 15.1. The molecular weight excluding hydrogens is 1850 g/mol. The van der Waals surface area contributed by atoms with Crippen molar-refractivity contribution in [3.05, 3.63) is 0 Å². The molecule has 0 aromatic rings. The van der Waals surface area contributed by atoms with Gasteiger partial charge in [-0.05, 0) is 128 Å². The van der Waals surface area contributed by atoms with Gasteiger partial charge in [0.1, 0.15) is 0 Å². The Morgan fingerprint density at radius 3 is 0.191 bits per heavy atom. The quantitative estimate of drug-likeness (QED) is 0.0251. The van der Waals surface area contributed by atoms with Gasteiger partial charge >= 0.3 is 119 Å². The molecule has 0 unspecified atom stereocenters.